The number of hydrogen-bond donors (Lipinski definition) is 0. The fraction of sp³-hybridized carbons (Fsp3) is 0.190. The van der Waals surface area contributed by atoms with Crippen LogP contribution < -0.4 is 9.47 Å². The molecule has 1 amide bonds. The Bertz CT molecular complexity index is 939. The van der Waals surface area contributed by atoms with Gasteiger partial charge in [0.05, 0.1) is 30.5 Å². The van der Waals surface area contributed by atoms with Gasteiger partial charge < -0.3 is 18.9 Å². The third-order valence-electron chi connectivity index (χ3n) is 4.33. The molecule has 0 bridgehead atoms. The number of halogens is 1. The van der Waals surface area contributed by atoms with E-state index in [0.29, 0.717) is 22.9 Å². The van der Waals surface area contributed by atoms with Crippen molar-refractivity contribution in [3.63, 3.8) is 0 Å². The molecule has 3 rings (SSSR count). The lowest BCUT2D eigenvalue weighted by molar-refractivity contribution is 0.0781. The van der Waals surface area contributed by atoms with Gasteiger partial charge in [-0.3, -0.25) is 4.79 Å². The van der Waals surface area contributed by atoms with Gasteiger partial charge in [-0.1, -0.05) is 29.8 Å². The summed E-state index contributed by atoms with van der Waals surface area (Å²) in [7, 11) is 4.89. The number of carbonyl (C=O) groups is 1. The number of carbonyl (C=O) groups excluding carboxylic acids is 1. The van der Waals surface area contributed by atoms with E-state index in [1.54, 1.807) is 38.3 Å². The fourth-order valence-corrected chi connectivity index (χ4v) is 3.20. The molecule has 140 valence electrons. The highest BCUT2D eigenvalue weighted by Gasteiger charge is 2.20. The van der Waals surface area contributed by atoms with Gasteiger partial charge >= 0.3 is 0 Å². The molecule has 0 saturated carbocycles. The highest BCUT2D eigenvalue weighted by atomic mass is 35.5. The zero-order valence-electron chi connectivity index (χ0n) is 15.5. The molecule has 2 aromatic carbocycles. The summed E-state index contributed by atoms with van der Waals surface area (Å²) in [5, 5.41) is 0.473. The van der Waals surface area contributed by atoms with E-state index in [1.807, 2.05) is 53.4 Å². The van der Waals surface area contributed by atoms with E-state index >= 15 is 0 Å². The van der Waals surface area contributed by atoms with E-state index in [0.717, 1.165) is 17.0 Å². The van der Waals surface area contributed by atoms with Crippen molar-refractivity contribution in [1.82, 2.24) is 9.47 Å². The molecular weight excluding hydrogens is 364 g/mol. The smallest absolute Gasteiger partial charge is 0.257 e. The topological polar surface area (TPSA) is 43.7 Å². The van der Waals surface area contributed by atoms with Gasteiger partial charge in [-0.15, -0.1) is 0 Å². The lowest BCUT2D eigenvalue weighted by Gasteiger charge is -2.21. The number of nitrogens with zero attached hydrogens (tertiary/aromatic N) is 2. The number of aromatic nitrogens is 1. The van der Waals surface area contributed by atoms with Crippen molar-refractivity contribution in [3.05, 3.63) is 77.1 Å². The van der Waals surface area contributed by atoms with Gasteiger partial charge in [-0.05, 0) is 24.3 Å². The minimum absolute atomic E-state index is 0.182. The maximum absolute atomic E-state index is 13.0. The highest BCUT2D eigenvalue weighted by Crippen LogP contribution is 2.31. The average molecular weight is 385 g/mol. The maximum Gasteiger partial charge on any atom is 0.257 e. The molecule has 1 heterocycles. The predicted molar refractivity (Wildman–Crippen MR) is 106 cm³/mol. The molecule has 6 heteroatoms. The Labute approximate surface area is 163 Å². The van der Waals surface area contributed by atoms with Crippen LogP contribution in [0.5, 0.6) is 11.5 Å². The standard InChI is InChI=1S/C21H21ClN2O3/c1-23(14-15-8-4-5-9-19(15)26-2)21(25)16-12-17(22)18(13-20(16)27-3)24-10-6-7-11-24/h4-13H,14H2,1-3H3. The molecule has 0 unspecified atom stereocenters. The lowest BCUT2D eigenvalue weighted by Crippen LogP contribution is -2.27. The summed E-state index contributed by atoms with van der Waals surface area (Å²) in [6.45, 7) is 0.406. The monoisotopic (exact) mass is 384 g/mol. The number of hydrogen-bond acceptors (Lipinski definition) is 3. The summed E-state index contributed by atoms with van der Waals surface area (Å²) in [6.07, 6.45) is 3.77. The molecule has 1 aromatic heterocycles. The van der Waals surface area contributed by atoms with E-state index in [-0.39, 0.29) is 5.91 Å². The second-order valence-electron chi connectivity index (χ2n) is 6.07. The predicted octanol–water partition coefficient (Wildman–Crippen LogP) is 4.42. The Morgan fingerprint density at radius 2 is 1.70 bits per heavy atom. The Kier molecular flexibility index (Phi) is 5.72. The number of ether oxygens (including phenoxy) is 2. The fourth-order valence-electron chi connectivity index (χ4n) is 2.94. The van der Waals surface area contributed by atoms with Crippen LogP contribution in [0.4, 0.5) is 0 Å². The van der Waals surface area contributed by atoms with E-state index in [2.05, 4.69) is 0 Å². The number of rotatable bonds is 6. The molecule has 0 atom stereocenters. The van der Waals surface area contributed by atoms with Gasteiger partial charge in [0.25, 0.3) is 5.91 Å². The number of para-hydroxylation sites is 1. The van der Waals surface area contributed by atoms with Crippen molar-refractivity contribution in [1.29, 1.82) is 0 Å². The van der Waals surface area contributed by atoms with E-state index in [9.17, 15) is 4.79 Å². The molecule has 0 N–H and O–H groups in total. The molecule has 0 aliphatic rings. The molecule has 0 spiro atoms. The Hall–Kier alpha value is -2.92. The van der Waals surface area contributed by atoms with Crippen molar-refractivity contribution in [2.24, 2.45) is 0 Å². The van der Waals surface area contributed by atoms with Crippen LogP contribution in [-0.4, -0.2) is 36.6 Å². The first-order valence-electron chi connectivity index (χ1n) is 8.43. The molecule has 3 aromatic rings. The molecule has 0 aliphatic carbocycles. The second kappa shape index (κ2) is 8.18. The third kappa shape index (κ3) is 3.93. The van der Waals surface area contributed by atoms with Crippen molar-refractivity contribution in [2.75, 3.05) is 21.3 Å². The first-order valence-corrected chi connectivity index (χ1v) is 8.81. The van der Waals surface area contributed by atoms with Gasteiger partial charge in [0, 0.05) is 37.6 Å². The SMILES string of the molecule is COc1ccccc1CN(C)C(=O)c1cc(Cl)c(-n2cccc2)cc1OC. The van der Waals surface area contributed by atoms with Crippen LogP contribution >= 0.6 is 11.6 Å². The zero-order chi connectivity index (χ0) is 19.4. The van der Waals surface area contributed by atoms with Crippen LogP contribution in [0.25, 0.3) is 5.69 Å². The quantitative estimate of drug-likeness (QED) is 0.631. The van der Waals surface area contributed by atoms with Crippen LogP contribution in [0.15, 0.2) is 60.9 Å². The molecule has 0 saturated heterocycles. The van der Waals surface area contributed by atoms with Gasteiger partial charge in [0.1, 0.15) is 11.5 Å². The minimum atomic E-state index is -0.182. The molecule has 5 nitrogen and oxygen atoms in total. The largest absolute Gasteiger partial charge is 0.496 e. The average Bonchev–Trinajstić information content (AvgIpc) is 3.22. The van der Waals surface area contributed by atoms with Crippen LogP contribution in [0, 0.1) is 0 Å². The summed E-state index contributed by atoms with van der Waals surface area (Å²) in [5.41, 5.74) is 2.09. The lowest BCUT2D eigenvalue weighted by atomic mass is 10.1. The first-order chi connectivity index (χ1) is 13.0. The first kappa shape index (κ1) is 18.9. The molecule has 0 radical (unpaired) electrons. The van der Waals surface area contributed by atoms with Crippen molar-refractivity contribution >= 4 is 17.5 Å². The van der Waals surface area contributed by atoms with E-state index in [4.69, 9.17) is 21.1 Å². The Morgan fingerprint density at radius 3 is 2.37 bits per heavy atom. The molecule has 0 fully saturated rings. The van der Waals surface area contributed by atoms with Crippen molar-refractivity contribution in [2.45, 2.75) is 6.54 Å². The minimum Gasteiger partial charge on any atom is -0.496 e. The van der Waals surface area contributed by atoms with Crippen molar-refractivity contribution in [3.8, 4) is 17.2 Å². The van der Waals surface area contributed by atoms with Crippen LogP contribution in [0.1, 0.15) is 15.9 Å². The molecular formula is C21H21ClN2O3. The summed E-state index contributed by atoms with van der Waals surface area (Å²) in [5.74, 6) is 1.03. The van der Waals surface area contributed by atoms with Gasteiger partial charge in [0.15, 0.2) is 0 Å². The van der Waals surface area contributed by atoms with Crippen LogP contribution in [-0.2, 0) is 6.54 Å². The van der Waals surface area contributed by atoms with Gasteiger partial charge in [-0.2, -0.15) is 0 Å². The Morgan fingerprint density at radius 1 is 1.04 bits per heavy atom. The number of benzene rings is 2. The van der Waals surface area contributed by atoms with Crippen LogP contribution in [0.3, 0.4) is 0 Å². The zero-order valence-corrected chi connectivity index (χ0v) is 16.2. The summed E-state index contributed by atoms with van der Waals surface area (Å²) < 4.78 is 12.7. The summed E-state index contributed by atoms with van der Waals surface area (Å²) >= 11 is 6.44. The second-order valence-corrected chi connectivity index (χ2v) is 6.47. The number of amides is 1. The van der Waals surface area contributed by atoms with Gasteiger partial charge in [-0.25, -0.2) is 0 Å². The Balaban J connectivity index is 1.90. The number of methoxy groups -OCH3 is 2. The normalized spacial score (nSPS) is 10.5. The van der Waals surface area contributed by atoms with E-state index < -0.39 is 0 Å². The van der Waals surface area contributed by atoms with Gasteiger partial charge in [0.2, 0.25) is 0 Å². The third-order valence-corrected chi connectivity index (χ3v) is 4.63. The van der Waals surface area contributed by atoms with Crippen LogP contribution in [0.2, 0.25) is 5.02 Å². The van der Waals surface area contributed by atoms with Crippen molar-refractivity contribution < 1.29 is 14.3 Å². The molecule has 0 aliphatic heterocycles. The molecule has 27 heavy (non-hydrogen) atoms. The summed E-state index contributed by atoms with van der Waals surface area (Å²) in [6, 6.07) is 14.8. The highest BCUT2D eigenvalue weighted by molar-refractivity contribution is 6.33. The summed E-state index contributed by atoms with van der Waals surface area (Å²) in [4.78, 5) is 14.6. The van der Waals surface area contributed by atoms with E-state index in [1.165, 1.54) is 0 Å². The maximum atomic E-state index is 13.0.